The summed E-state index contributed by atoms with van der Waals surface area (Å²) in [5.74, 6) is 0.0153. The van der Waals surface area contributed by atoms with Crippen LogP contribution in [0.15, 0.2) is 24.3 Å². The molecule has 1 aliphatic heterocycles. The van der Waals surface area contributed by atoms with E-state index >= 15 is 0 Å². The van der Waals surface area contributed by atoms with E-state index in [9.17, 15) is 9.90 Å². The van der Waals surface area contributed by atoms with E-state index in [1.165, 1.54) is 0 Å². The van der Waals surface area contributed by atoms with Crippen molar-refractivity contribution in [1.29, 1.82) is 0 Å². The summed E-state index contributed by atoms with van der Waals surface area (Å²) >= 11 is 0. The molecule has 1 aliphatic rings. The Morgan fingerprint density at radius 2 is 2.22 bits per heavy atom. The van der Waals surface area contributed by atoms with Crippen LogP contribution < -0.4 is 0 Å². The number of rotatable bonds is 1. The van der Waals surface area contributed by atoms with E-state index in [2.05, 4.69) is 4.98 Å². The van der Waals surface area contributed by atoms with E-state index in [0.717, 1.165) is 22.2 Å². The van der Waals surface area contributed by atoms with Crippen LogP contribution in [0.1, 0.15) is 22.5 Å². The first-order valence-electron chi connectivity index (χ1n) is 6.21. The fourth-order valence-corrected chi connectivity index (χ4v) is 2.64. The van der Waals surface area contributed by atoms with Crippen LogP contribution in [-0.2, 0) is 0 Å². The fraction of sp³-hybridized carbons (Fsp3) is 0.357. The van der Waals surface area contributed by atoms with Gasteiger partial charge in [-0.1, -0.05) is 18.2 Å². The molecule has 1 aromatic heterocycles. The molecular weight excluding hydrogens is 228 g/mol. The molecule has 4 heteroatoms. The van der Waals surface area contributed by atoms with Crippen LogP contribution in [-0.4, -0.2) is 40.1 Å². The van der Waals surface area contributed by atoms with Crippen LogP contribution in [0.4, 0.5) is 0 Å². The van der Waals surface area contributed by atoms with Gasteiger partial charge in [0.2, 0.25) is 0 Å². The zero-order chi connectivity index (χ0) is 12.7. The second-order valence-corrected chi connectivity index (χ2v) is 4.86. The van der Waals surface area contributed by atoms with Crippen molar-refractivity contribution in [3.63, 3.8) is 0 Å². The molecule has 1 atom stereocenters. The molecule has 94 valence electrons. The SMILES string of the molecule is Cc1[nH]c2ccccc2c1C(=O)N1CC[C@@H](O)C1. The highest BCUT2D eigenvalue weighted by Gasteiger charge is 2.28. The Kier molecular flexibility index (Phi) is 2.59. The minimum Gasteiger partial charge on any atom is -0.391 e. The fourth-order valence-electron chi connectivity index (χ4n) is 2.64. The lowest BCUT2D eigenvalue weighted by molar-refractivity contribution is 0.0766. The van der Waals surface area contributed by atoms with Crippen molar-refractivity contribution < 1.29 is 9.90 Å². The Hall–Kier alpha value is -1.81. The lowest BCUT2D eigenvalue weighted by Gasteiger charge is -2.15. The maximum absolute atomic E-state index is 12.5. The van der Waals surface area contributed by atoms with Gasteiger partial charge >= 0.3 is 0 Å². The van der Waals surface area contributed by atoms with Crippen molar-refractivity contribution in [1.82, 2.24) is 9.88 Å². The highest BCUT2D eigenvalue weighted by atomic mass is 16.3. The van der Waals surface area contributed by atoms with E-state index in [4.69, 9.17) is 0 Å². The van der Waals surface area contributed by atoms with Crippen molar-refractivity contribution in [2.45, 2.75) is 19.4 Å². The van der Waals surface area contributed by atoms with E-state index in [0.29, 0.717) is 19.5 Å². The first-order valence-corrected chi connectivity index (χ1v) is 6.21. The van der Waals surface area contributed by atoms with Gasteiger partial charge in [-0.05, 0) is 19.4 Å². The minimum absolute atomic E-state index is 0.0153. The number of hydrogen-bond donors (Lipinski definition) is 2. The number of carbonyl (C=O) groups excluding carboxylic acids is 1. The van der Waals surface area contributed by atoms with Crippen molar-refractivity contribution >= 4 is 16.8 Å². The Morgan fingerprint density at radius 1 is 1.44 bits per heavy atom. The number of para-hydroxylation sites is 1. The second kappa shape index (κ2) is 4.14. The van der Waals surface area contributed by atoms with Gasteiger partial charge in [0, 0.05) is 29.7 Å². The Bertz CT molecular complexity index is 603. The summed E-state index contributed by atoms with van der Waals surface area (Å²) in [5.41, 5.74) is 2.61. The van der Waals surface area contributed by atoms with Crippen molar-refractivity contribution in [2.24, 2.45) is 0 Å². The molecule has 0 radical (unpaired) electrons. The Labute approximate surface area is 105 Å². The van der Waals surface area contributed by atoms with Crippen molar-refractivity contribution in [3.8, 4) is 0 Å². The number of H-pyrrole nitrogens is 1. The number of benzene rings is 1. The molecule has 18 heavy (non-hydrogen) atoms. The topological polar surface area (TPSA) is 56.3 Å². The number of β-amino-alcohol motifs (C(OH)–C–C–N with tert-alkyl or cyclic N) is 1. The highest BCUT2D eigenvalue weighted by molar-refractivity contribution is 6.08. The smallest absolute Gasteiger partial charge is 0.256 e. The number of amides is 1. The number of likely N-dealkylation sites (tertiary alicyclic amines) is 1. The zero-order valence-corrected chi connectivity index (χ0v) is 10.3. The van der Waals surface area contributed by atoms with Crippen LogP contribution in [0.2, 0.25) is 0 Å². The number of nitrogens with zero attached hydrogens (tertiary/aromatic N) is 1. The Balaban J connectivity index is 2.03. The van der Waals surface area contributed by atoms with Crippen LogP contribution in [0.5, 0.6) is 0 Å². The quantitative estimate of drug-likeness (QED) is 0.802. The number of aliphatic hydroxyl groups excluding tert-OH is 1. The molecule has 4 nitrogen and oxygen atoms in total. The molecular formula is C14H16N2O2. The van der Waals surface area contributed by atoms with Crippen LogP contribution in [0.25, 0.3) is 10.9 Å². The third-order valence-corrected chi connectivity index (χ3v) is 3.56. The van der Waals surface area contributed by atoms with Gasteiger partial charge in [-0.25, -0.2) is 0 Å². The molecule has 1 aromatic carbocycles. The third-order valence-electron chi connectivity index (χ3n) is 3.56. The molecule has 0 spiro atoms. The molecule has 0 saturated carbocycles. The van der Waals surface area contributed by atoms with Crippen LogP contribution in [0, 0.1) is 6.92 Å². The normalized spacial score (nSPS) is 19.7. The molecule has 1 amide bonds. The summed E-state index contributed by atoms with van der Waals surface area (Å²) in [4.78, 5) is 17.4. The molecule has 2 heterocycles. The largest absolute Gasteiger partial charge is 0.391 e. The monoisotopic (exact) mass is 244 g/mol. The summed E-state index contributed by atoms with van der Waals surface area (Å²) in [7, 11) is 0. The maximum atomic E-state index is 12.5. The summed E-state index contributed by atoms with van der Waals surface area (Å²) in [6.07, 6.45) is 0.298. The van der Waals surface area contributed by atoms with E-state index in [-0.39, 0.29) is 12.0 Å². The molecule has 2 aromatic rings. The average Bonchev–Trinajstić information content (AvgIpc) is 2.91. The summed E-state index contributed by atoms with van der Waals surface area (Å²) in [6.45, 7) is 3.00. The average molecular weight is 244 g/mol. The van der Waals surface area contributed by atoms with E-state index in [1.54, 1.807) is 4.90 Å². The van der Waals surface area contributed by atoms with Gasteiger partial charge in [0.15, 0.2) is 0 Å². The van der Waals surface area contributed by atoms with Crippen molar-refractivity contribution in [3.05, 3.63) is 35.5 Å². The van der Waals surface area contributed by atoms with Gasteiger partial charge in [-0.2, -0.15) is 0 Å². The first kappa shape index (κ1) is 11.3. The summed E-state index contributed by atoms with van der Waals surface area (Å²) in [5, 5.41) is 10.5. The van der Waals surface area contributed by atoms with Gasteiger partial charge in [-0.3, -0.25) is 4.79 Å². The highest BCUT2D eigenvalue weighted by Crippen LogP contribution is 2.24. The predicted octanol–water partition coefficient (Wildman–Crippen LogP) is 1.68. The molecule has 0 aliphatic carbocycles. The maximum Gasteiger partial charge on any atom is 0.256 e. The van der Waals surface area contributed by atoms with Gasteiger partial charge in [0.25, 0.3) is 5.91 Å². The summed E-state index contributed by atoms with van der Waals surface area (Å²) in [6, 6.07) is 7.81. The van der Waals surface area contributed by atoms with Gasteiger partial charge < -0.3 is 15.0 Å². The lowest BCUT2D eigenvalue weighted by Crippen LogP contribution is -2.29. The number of nitrogens with one attached hydrogen (secondary N) is 1. The first-order chi connectivity index (χ1) is 8.66. The number of hydrogen-bond acceptors (Lipinski definition) is 2. The van der Waals surface area contributed by atoms with E-state index in [1.807, 2.05) is 31.2 Å². The molecule has 1 fully saturated rings. The van der Waals surface area contributed by atoms with Gasteiger partial charge in [0.1, 0.15) is 0 Å². The lowest BCUT2D eigenvalue weighted by atomic mass is 10.1. The molecule has 0 bridgehead atoms. The number of aromatic amines is 1. The number of aryl methyl sites for hydroxylation is 1. The standard InChI is InChI=1S/C14H16N2O2/c1-9-13(11-4-2-3-5-12(11)15-9)14(18)16-7-6-10(17)8-16/h2-5,10,15,17H,6-8H2,1H3/t10-/m1/s1. The molecule has 1 saturated heterocycles. The van der Waals surface area contributed by atoms with Crippen molar-refractivity contribution in [2.75, 3.05) is 13.1 Å². The number of aromatic nitrogens is 1. The van der Waals surface area contributed by atoms with Crippen LogP contribution >= 0.6 is 0 Å². The number of aliphatic hydroxyl groups is 1. The predicted molar refractivity (Wildman–Crippen MR) is 69.6 cm³/mol. The Morgan fingerprint density at radius 3 is 2.94 bits per heavy atom. The molecule has 0 unspecified atom stereocenters. The summed E-state index contributed by atoms with van der Waals surface area (Å²) < 4.78 is 0. The molecule has 3 rings (SSSR count). The third kappa shape index (κ3) is 1.69. The second-order valence-electron chi connectivity index (χ2n) is 4.86. The molecule has 2 N–H and O–H groups in total. The minimum atomic E-state index is -0.375. The van der Waals surface area contributed by atoms with Gasteiger partial charge in [-0.15, -0.1) is 0 Å². The zero-order valence-electron chi connectivity index (χ0n) is 10.3. The van der Waals surface area contributed by atoms with Crippen LogP contribution in [0.3, 0.4) is 0 Å². The number of fused-ring (bicyclic) bond motifs is 1. The van der Waals surface area contributed by atoms with Gasteiger partial charge in [0.05, 0.1) is 11.7 Å². The number of carbonyl (C=O) groups is 1. The van der Waals surface area contributed by atoms with E-state index < -0.39 is 0 Å².